The number of halogens is 2. The maximum Gasteiger partial charge on any atom is 0.263 e. The molecule has 1 aromatic heterocycles. The molecule has 1 aromatic carbocycles. The number of hydrogen-bond acceptors (Lipinski definition) is 6. The molecule has 2 saturated heterocycles. The number of hydrogen-bond donors (Lipinski definition) is 2. The summed E-state index contributed by atoms with van der Waals surface area (Å²) in [4.78, 5) is 19.8. The van der Waals surface area contributed by atoms with Crippen LogP contribution in [-0.4, -0.2) is 49.3 Å². The molecular formula is C23H28Cl2N4O4S. The van der Waals surface area contributed by atoms with E-state index in [1.165, 1.54) is 6.20 Å². The molecule has 2 N–H and O–H groups in total. The number of benzene rings is 1. The zero-order valence-corrected chi connectivity index (χ0v) is 21.5. The second-order valence-corrected chi connectivity index (χ2v) is 12.0. The maximum absolute atomic E-state index is 13.1. The monoisotopic (exact) mass is 526 g/mol. The maximum atomic E-state index is 13.1. The highest BCUT2D eigenvalue weighted by atomic mass is 35.5. The van der Waals surface area contributed by atoms with E-state index in [-0.39, 0.29) is 24.0 Å². The Kier molecular flexibility index (Phi) is 6.90. The molecule has 3 heterocycles. The van der Waals surface area contributed by atoms with Gasteiger partial charge in [0.2, 0.25) is 10.0 Å². The van der Waals surface area contributed by atoms with Crippen LogP contribution in [0.25, 0.3) is 0 Å². The van der Waals surface area contributed by atoms with Gasteiger partial charge in [-0.1, -0.05) is 23.2 Å². The van der Waals surface area contributed by atoms with Crippen LogP contribution in [0.4, 0.5) is 11.5 Å². The summed E-state index contributed by atoms with van der Waals surface area (Å²) in [6, 6.07) is 8.99. The summed E-state index contributed by atoms with van der Waals surface area (Å²) in [5.41, 5.74) is -0.679. The van der Waals surface area contributed by atoms with Crippen molar-refractivity contribution in [2.24, 2.45) is 0 Å². The molecule has 0 aliphatic carbocycles. The van der Waals surface area contributed by atoms with Crippen LogP contribution >= 0.6 is 23.2 Å². The van der Waals surface area contributed by atoms with Crippen molar-refractivity contribution in [3.8, 4) is 5.75 Å². The average Bonchev–Trinajstić information content (AvgIpc) is 3.00. The Labute approximate surface area is 210 Å². The first kappa shape index (κ1) is 24.9. The van der Waals surface area contributed by atoms with Crippen molar-refractivity contribution in [3.63, 3.8) is 0 Å². The number of aromatic nitrogens is 1. The van der Waals surface area contributed by atoms with Gasteiger partial charge in [-0.25, -0.2) is 13.4 Å². The quantitative estimate of drug-likeness (QED) is 0.559. The summed E-state index contributed by atoms with van der Waals surface area (Å²) < 4.78 is 31.2. The highest BCUT2D eigenvalue weighted by Gasteiger charge is 2.43. The zero-order chi connectivity index (χ0) is 24.7. The molecule has 2 aliphatic heterocycles. The van der Waals surface area contributed by atoms with E-state index in [1.54, 1.807) is 38.1 Å². The number of nitrogens with zero attached hydrogens (tertiary/aromatic N) is 2. The van der Waals surface area contributed by atoms with E-state index in [4.69, 9.17) is 27.9 Å². The molecule has 0 radical (unpaired) electrons. The Balaban J connectivity index is 1.39. The summed E-state index contributed by atoms with van der Waals surface area (Å²) in [6.07, 6.45) is 6.27. The first-order chi connectivity index (χ1) is 15.9. The number of rotatable bonds is 7. The molecule has 2 aliphatic rings. The fourth-order valence-corrected chi connectivity index (χ4v) is 5.72. The van der Waals surface area contributed by atoms with E-state index < -0.39 is 15.6 Å². The molecule has 2 aromatic rings. The molecule has 8 nitrogen and oxygen atoms in total. The molecular weight excluding hydrogens is 499 g/mol. The lowest BCUT2D eigenvalue weighted by Crippen LogP contribution is -2.55. The van der Waals surface area contributed by atoms with Gasteiger partial charge >= 0.3 is 0 Å². The van der Waals surface area contributed by atoms with Gasteiger partial charge < -0.3 is 15.0 Å². The van der Waals surface area contributed by atoms with E-state index in [2.05, 4.69) is 19.9 Å². The minimum atomic E-state index is -3.35. The molecule has 184 valence electrons. The Hall–Kier alpha value is -2.23. The number of pyridine rings is 1. The lowest BCUT2D eigenvalue weighted by atomic mass is 9.96. The van der Waals surface area contributed by atoms with Crippen molar-refractivity contribution in [1.29, 1.82) is 0 Å². The Morgan fingerprint density at radius 3 is 2.38 bits per heavy atom. The second kappa shape index (κ2) is 9.43. The van der Waals surface area contributed by atoms with E-state index in [9.17, 15) is 13.2 Å². The fraction of sp³-hybridized carbons (Fsp3) is 0.478. The SMILES string of the molecule is CC(C)(Oc1ccc(Cl)cc1Cl)C(=O)N[C@H]1C[C@H]2CC[C@@H](C1)N2c1ccc(NS(C)(=O)=O)cn1. The van der Waals surface area contributed by atoms with Crippen molar-refractivity contribution < 1.29 is 17.9 Å². The number of ether oxygens (including phenoxy) is 1. The van der Waals surface area contributed by atoms with Crippen LogP contribution in [-0.2, 0) is 14.8 Å². The van der Waals surface area contributed by atoms with Gasteiger partial charge in [-0.05, 0) is 69.9 Å². The van der Waals surface area contributed by atoms with Gasteiger partial charge in [0.25, 0.3) is 5.91 Å². The van der Waals surface area contributed by atoms with E-state index in [0.29, 0.717) is 21.5 Å². The van der Waals surface area contributed by atoms with Gasteiger partial charge in [-0.3, -0.25) is 9.52 Å². The van der Waals surface area contributed by atoms with Crippen molar-refractivity contribution in [1.82, 2.24) is 10.3 Å². The summed E-state index contributed by atoms with van der Waals surface area (Å²) in [5.74, 6) is 1.02. The highest BCUT2D eigenvalue weighted by Crippen LogP contribution is 2.39. The Morgan fingerprint density at radius 2 is 1.82 bits per heavy atom. The van der Waals surface area contributed by atoms with Crippen LogP contribution in [0.2, 0.25) is 10.0 Å². The first-order valence-electron chi connectivity index (χ1n) is 11.1. The molecule has 0 unspecified atom stereocenters. The summed E-state index contributed by atoms with van der Waals surface area (Å²) in [7, 11) is -3.35. The van der Waals surface area contributed by atoms with E-state index >= 15 is 0 Å². The van der Waals surface area contributed by atoms with Crippen LogP contribution in [0, 0.1) is 0 Å². The Bertz CT molecular complexity index is 1160. The summed E-state index contributed by atoms with van der Waals surface area (Å²) >= 11 is 12.2. The topological polar surface area (TPSA) is 101 Å². The number of anilines is 2. The minimum absolute atomic E-state index is 0.0241. The van der Waals surface area contributed by atoms with Gasteiger partial charge in [-0.2, -0.15) is 0 Å². The standard InChI is InChI=1S/C23H28Cl2N4O4S/c1-23(2,33-20-8-4-14(24)10-19(20)25)22(30)27-16-11-17-6-7-18(12-16)29(17)21-9-5-15(13-26-21)28-34(3,31)32/h4-5,8-10,13,16-18,28H,6-7,11-12H2,1-3H3,(H,27,30)/t16-,17+,18-. The zero-order valence-electron chi connectivity index (χ0n) is 19.2. The van der Waals surface area contributed by atoms with Crippen LogP contribution in [0.5, 0.6) is 5.75 Å². The lowest BCUT2D eigenvalue weighted by Gasteiger charge is -2.40. The van der Waals surface area contributed by atoms with Crippen molar-refractivity contribution >= 4 is 50.6 Å². The van der Waals surface area contributed by atoms with Crippen LogP contribution < -0.4 is 19.7 Å². The third-order valence-corrected chi connectivity index (χ3v) is 7.33. The smallest absolute Gasteiger partial charge is 0.263 e. The van der Waals surface area contributed by atoms with Crippen molar-refractivity contribution in [2.45, 2.75) is 63.3 Å². The molecule has 34 heavy (non-hydrogen) atoms. The van der Waals surface area contributed by atoms with Gasteiger partial charge in [0, 0.05) is 23.1 Å². The van der Waals surface area contributed by atoms with Crippen molar-refractivity contribution in [3.05, 3.63) is 46.6 Å². The minimum Gasteiger partial charge on any atom is -0.476 e. The number of amides is 1. The largest absolute Gasteiger partial charge is 0.476 e. The number of carbonyl (C=O) groups excluding carboxylic acids is 1. The summed E-state index contributed by atoms with van der Waals surface area (Å²) in [6.45, 7) is 3.43. The number of carbonyl (C=O) groups is 1. The first-order valence-corrected chi connectivity index (χ1v) is 13.7. The summed E-state index contributed by atoms with van der Waals surface area (Å²) in [5, 5.41) is 4.01. The average molecular weight is 527 g/mol. The van der Waals surface area contributed by atoms with Crippen LogP contribution in [0.15, 0.2) is 36.5 Å². The van der Waals surface area contributed by atoms with E-state index in [0.717, 1.165) is 37.8 Å². The fourth-order valence-electron chi connectivity index (χ4n) is 4.72. The molecule has 4 rings (SSSR count). The van der Waals surface area contributed by atoms with Gasteiger partial charge in [0.15, 0.2) is 5.60 Å². The molecule has 3 atom stereocenters. The number of sulfonamides is 1. The normalized spacial score (nSPS) is 22.4. The molecule has 11 heteroatoms. The third-order valence-electron chi connectivity index (χ3n) is 6.19. The predicted molar refractivity (Wildman–Crippen MR) is 134 cm³/mol. The highest BCUT2D eigenvalue weighted by molar-refractivity contribution is 7.92. The van der Waals surface area contributed by atoms with Gasteiger partial charge in [-0.15, -0.1) is 0 Å². The van der Waals surface area contributed by atoms with E-state index in [1.807, 2.05) is 6.07 Å². The molecule has 0 saturated carbocycles. The van der Waals surface area contributed by atoms with Crippen LogP contribution in [0.3, 0.4) is 0 Å². The molecule has 0 spiro atoms. The number of nitrogens with one attached hydrogen (secondary N) is 2. The predicted octanol–water partition coefficient (Wildman–Crippen LogP) is 4.23. The van der Waals surface area contributed by atoms with Gasteiger partial charge in [0.05, 0.1) is 23.2 Å². The lowest BCUT2D eigenvalue weighted by molar-refractivity contribution is -0.135. The Morgan fingerprint density at radius 1 is 1.15 bits per heavy atom. The van der Waals surface area contributed by atoms with Crippen LogP contribution in [0.1, 0.15) is 39.5 Å². The number of piperidine rings is 1. The molecule has 1 amide bonds. The molecule has 2 fully saturated rings. The van der Waals surface area contributed by atoms with Crippen molar-refractivity contribution in [2.75, 3.05) is 15.9 Å². The van der Waals surface area contributed by atoms with Gasteiger partial charge in [0.1, 0.15) is 11.6 Å². The second-order valence-electron chi connectivity index (χ2n) is 9.40. The third kappa shape index (κ3) is 5.70. The molecule has 2 bridgehead atoms. The number of fused-ring (bicyclic) bond motifs is 2.